The molecule has 2 rings (SSSR count). The summed E-state index contributed by atoms with van der Waals surface area (Å²) in [6.07, 6.45) is 0. The largest absolute Gasteiger partial charge is 0.494 e. The van der Waals surface area contributed by atoms with Gasteiger partial charge in [-0.25, -0.2) is 0 Å². The van der Waals surface area contributed by atoms with Crippen LogP contribution in [0.1, 0.15) is 27.0 Å². The number of carbonyl (C=O) groups is 1. The fourth-order valence-electron chi connectivity index (χ4n) is 2.30. The minimum atomic E-state index is -0.269. The zero-order chi connectivity index (χ0) is 17.9. The maximum atomic E-state index is 13.0. The van der Waals surface area contributed by atoms with E-state index in [4.69, 9.17) is 32.7 Å². The first-order valence-corrected chi connectivity index (χ1v) is 9.87. The Balaban J connectivity index is 2.62. The summed E-state index contributed by atoms with van der Waals surface area (Å²) in [6.45, 7) is 0. The molecule has 128 valence electrons. The number of carbonyl (C=O) groups excluding carboxylic acids is 1. The van der Waals surface area contributed by atoms with Crippen molar-refractivity contribution in [1.29, 1.82) is 0 Å². The predicted octanol–water partition coefficient (Wildman–Crippen LogP) is 6.03. The Morgan fingerprint density at radius 1 is 0.875 bits per heavy atom. The molecule has 0 bridgehead atoms. The van der Waals surface area contributed by atoms with Crippen LogP contribution in [0.25, 0.3) is 0 Å². The maximum absolute atomic E-state index is 13.0. The molecule has 24 heavy (non-hydrogen) atoms. The van der Waals surface area contributed by atoms with Gasteiger partial charge in [0.2, 0.25) is 5.78 Å². The molecule has 0 unspecified atom stereocenters. The Morgan fingerprint density at radius 3 is 1.54 bits per heavy atom. The van der Waals surface area contributed by atoms with E-state index in [-0.39, 0.29) is 5.78 Å². The van der Waals surface area contributed by atoms with Gasteiger partial charge in [0.05, 0.1) is 35.4 Å². The second-order valence-corrected chi connectivity index (χ2v) is 6.71. The molecular weight excluding hydrogens is 483 g/mol. The Bertz CT molecular complexity index is 715. The number of rotatable bonds is 6. The molecule has 0 atom stereocenters. The lowest BCUT2D eigenvalue weighted by atomic mass is 9.99. The SMILES string of the molecule is COc1c(C(=O)c2ccc(CBr)c(Cl)c2OC)ccc(CBr)c1Cl. The van der Waals surface area contributed by atoms with E-state index in [1.54, 1.807) is 24.3 Å². The van der Waals surface area contributed by atoms with Crippen LogP contribution in [0.3, 0.4) is 0 Å². The lowest BCUT2D eigenvalue weighted by molar-refractivity contribution is 0.103. The summed E-state index contributed by atoms with van der Waals surface area (Å²) in [6, 6.07) is 6.95. The topological polar surface area (TPSA) is 35.5 Å². The van der Waals surface area contributed by atoms with Crippen LogP contribution in [0.5, 0.6) is 11.5 Å². The van der Waals surface area contributed by atoms with Gasteiger partial charge in [0.15, 0.2) is 0 Å². The normalized spacial score (nSPS) is 10.6. The molecule has 0 aliphatic rings. The highest BCUT2D eigenvalue weighted by molar-refractivity contribution is 9.08. The van der Waals surface area contributed by atoms with Crippen LogP contribution in [0.15, 0.2) is 24.3 Å². The Labute approximate surface area is 167 Å². The second kappa shape index (κ2) is 8.56. The molecule has 0 fully saturated rings. The zero-order valence-corrected chi connectivity index (χ0v) is 17.6. The minimum absolute atomic E-state index is 0.269. The van der Waals surface area contributed by atoms with Crippen molar-refractivity contribution in [3.63, 3.8) is 0 Å². The summed E-state index contributed by atoms with van der Waals surface area (Å²) in [5.74, 6) is 0.400. The van der Waals surface area contributed by atoms with Gasteiger partial charge in [0, 0.05) is 10.7 Å². The van der Waals surface area contributed by atoms with Crippen LogP contribution in [0.2, 0.25) is 10.0 Å². The highest BCUT2D eigenvalue weighted by Crippen LogP contribution is 2.38. The minimum Gasteiger partial charge on any atom is -0.494 e. The van der Waals surface area contributed by atoms with Crippen molar-refractivity contribution in [3.8, 4) is 11.5 Å². The standard InChI is InChI=1S/C17H14Br2Cl2O3/c1-23-16-11(5-3-9(7-18)13(16)20)15(22)12-6-4-10(8-19)14(21)17(12)24-2/h3-6H,7-8H2,1-2H3. The number of benzene rings is 2. The first-order chi connectivity index (χ1) is 11.5. The van der Waals surface area contributed by atoms with Gasteiger partial charge in [-0.1, -0.05) is 67.2 Å². The van der Waals surface area contributed by atoms with Crippen molar-refractivity contribution in [2.75, 3.05) is 14.2 Å². The number of hydrogen-bond donors (Lipinski definition) is 0. The van der Waals surface area contributed by atoms with E-state index < -0.39 is 0 Å². The second-order valence-electron chi connectivity index (χ2n) is 4.84. The van der Waals surface area contributed by atoms with E-state index in [0.717, 1.165) is 11.1 Å². The quantitative estimate of drug-likeness (QED) is 0.362. The summed E-state index contributed by atoms with van der Waals surface area (Å²) in [4.78, 5) is 13.0. The van der Waals surface area contributed by atoms with E-state index in [2.05, 4.69) is 31.9 Å². The first kappa shape index (κ1) is 19.6. The van der Waals surface area contributed by atoms with Gasteiger partial charge in [-0.05, 0) is 23.3 Å². The first-order valence-electron chi connectivity index (χ1n) is 6.87. The molecule has 0 aliphatic heterocycles. The Hall–Kier alpha value is -0.750. The van der Waals surface area contributed by atoms with Crippen molar-refractivity contribution in [3.05, 3.63) is 56.6 Å². The molecule has 0 spiro atoms. The van der Waals surface area contributed by atoms with Gasteiger partial charge in [-0.3, -0.25) is 4.79 Å². The molecule has 2 aromatic rings. The molecule has 0 radical (unpaired) electrons. The Morgan fingerprint density at radius 2 is 1.25 bits per heavy atom. The molecule has 0 heterocycles. The van der Waals surface area contributed by atoms with E-state index in [1.807, 2.05) is 0 Å². The van der Waals surface area contributed by atoms with Gasteiger partial charge in [0.1, 0.15) is 11.5 Å². The van der Waals surface area contributed by atoms with Crippen LogP contribution in [-0.2, 0) is 10.7 Å². The van der Waals surface area contributed by atoms with Crippen molar-refractivity contribution in [2.24, 2.45) is 0 Å². The summed E-state index contributed by atoms with van der Waals surface area (Å²) >= 11 is 19.4. The third-order valence-electron chi connectivity index (χ3n) is 3.54. The molecule has 0 aliphatic carbocycles. The van der Waals surface area contributed by atoms with Crippen LogP contribution in [0, 0.1) is 0 Å². The van der Waals surface area contributed by atoms with Crippen molar-refractivity contribution >= 4 is 60.8 Å². The summed E-state index contributed by atoms with van der Waals surface area (Å²) in [5, 5.41) is 1.93. The van der Waals surface area contributed by atoms with E-state index >= 15 is 0 Å². The zero-order valence-electron chi connectivity index (χ0n) is 13.0. The summed E-state index contributed by atoms with van der Waals surface area (Å²) < 4.78 is 10.7. The van der Waals surface area contributed by atoms with Crippen LogP contribution in [-0.4, -0.2) is 20.0 Å². The van der Waals surface area contributed by atoms with Crippen molar-refractivity contribution < 1.29 is 14.3 Å². The molecular formula is C17H14Br2Cl2O3. The third kappa shape index (κ3) is 3.59. The number of alkyl halides is 2. The number of ketones is 1. The van der Waals surface area contributed by atoms with Gasteiger partial charge >= 0.3 is 0 Å². The van der Waals surface area contributed by atoms with Crippen LogP contribution >= 0.6 is 55.1 Å². The van der Waals surface area contributed by atoms with Crippen LogP contribution in [0.4, 0.5) is 0 Å². The average Bonchev–Trinajstić information content (AvgIpc) is 2.60. The lowest BCUT2D eigenvalue weighted by Crippen LogP contribution is -2.08. The number of halogens is 4. The van der Waals surface area contributed by atoms with Crippen molar-refractivity contribution in [2.45, 2.75) is 10.7 Å². The highest BCUT2D eigenvalue weighted by atomic mass is 79.9. The molecule has 0 saturated heterocycles. The van der Waals surface area contributed by atoms with Gasteiger partial charge < -0.3 is 9.47 Å². The number of ether oxygens (including phenoxy) is 2. The number of methoxy groups -OCH3 is 2. The summed E-state index contributed by atoms with van der Waals surface area (Å²) in [7, 11) is 2.96. The molecule has 0 aromatic heterocycles. The molecule has 0 amide bonds. The molecule has 0 N–H and O–H groups in total. The molecule has 2 aromatic carbocycles. The van der Waals surface area contributed by atoms with Gasteiger partial charge in [0.25, 0.3) is 0 Å². The molecule has 7 heteroatoms. The molecule has 0 saturated carbocycles. The monoisotopic (exact) mass is 494 g/mol. The maximum Gasteiger partial charge on any atom is 0.200 e. The Kier molecular flexibility index (Phi) is 6.99. The fraction of sp³-hybridized carbons (Fsp3) is 0.235. The van der Waals surface area contributed by atoms with Crippen molar-refractivity contribution in [1.82, 2.24) is 0 Å². The fourth-order valence-corrected chi connectivity index (χ4v) is 4.18. The average molecular weight is 497 g/mol. The van der Waals surface area contributed by atoms with Gasteiger partial charge in [-0.15, -0.1) is 0 Å². The predicted molar refractivity (Wildman–Crippen MR) is 105 cm³/mol. The van der Waals surface area contributed by atoms with E-state index in [9.17, 15) is 4.79 Å². The van der Waals surface area contributed by atoms with E-state index in [0.29, 0.717) is 43.3 Å². The van der Waals surface area contributed by atoms with Gasteiger partial charge in [-0.2, -0.15) is 0 Å². The smallest absolute Gasteiger partial charge is 0.200 e. The number of hydrogen-bond acceptors (Lipinski definition) is 3. The highest BCUT2D eigenvalue weighted by Gasteiger charge is 2.23. The summed E-state index contributed by atoms with van der Waals surface area (Å²) in [5.41, 5.74) is 2.38. The molecule has 3 nitrogen and oxygen atoms in total. The van der Waals surface area contributed by atoms with E-state index in [1.165, 1.54) is 14.2 Å². The van der Waals surface area contributed by atoms with Crippen LogP contribution < -0.4 is 9.47 Å². The third-order valence-corrected chi connectivity index (χ3v) is 5.58. The lowest BCUT2D eigenvalue weighted by Gasteiger charge is -2.15.